The third kappa shape index (κ3) is 3.05. The van der Waals surface area contributed by atoms with Crippen molar-refractivity contribution < 1.29 is 14.6 Å². The van der Waals surface area contributed by atoms with Crippen LogP contribution < -0.4 is 4.74 Å². The highest BCUT2D eigenvalue weighted by Crippen LogP contribution is 2.28. The van der Waals surface area contributed by atoms with E-state index in [1.54, 1.807) is 12.1 Å². The second-order valence-electron chi connectivity index (χ2n) is 4.99. The van der Waals surface area contributed by atoms with E-state index < -0.39 is 5.97 Å². The van der Waals surface area contributed by atoms with E-state index in [1.807, 2.05) is 24.3 Å². The molecule has 0 radical (unpaired) electrons. The molecular formula is C16H18O3. The van der Waals surface area contributed by atoms with Gasteiger partial charge in [-0.3, -0.25) is 0 Å². The SMILES string of the molecule is CC(C)CCOc1ccc(C(=O)O)c2ccccc12. The van der Waals surface area contributed by atoms with Crippen molar-refractivity contribution in [1.29, 1.82) is 0 Å². The van der Waals surface area contributed by atoms with Crippen LogP contribution in [0.15, 0.2) is 36.4 Å². The summed E-state index contributed by atoms with van der Waals surface area (Å²) < 4.78 is 5.77. The fraction of sp³-hybridized carbons (Fsp3) is 0.312. The lowest BCUT2D eigenvalue weighted by Gasteiger charge is -2.12. The van der Waals surface area contributed by atoms with Gasteiger partial charge < -0.3 is 9.84 Å². The van der Waals surface area contributed by atoms with Crippen LogP contribution in [-0.4, -0.2) is 17.7 Å². The van der Waals surface area contributed by atoms with E-state index in [4.69, 9.17) is 4.74 Å². The standard InChI is InChI=1S/C16H18O3/c1-11(2)9-10-19-15-8-7-14(16(17)18)12-5-3-4-6-13(12)15/h3-8,11H,9-10H2,1-2H3,(H,17,18). The lowest BCUT2D eigenvalue weighted by molar-refractivity contribution is 0.0699. The Balaban J connectivity index is 2.36. The number of carbonyl (C=O) groups is 1. The zero-order chi connectivity index (χ0) is 13.8. The molecule has 0 unspecified atom stereocenters. The average molecular weight is 258 g/mol. The van der Waals surface area contributed by atoms with Crippen LogP contribution in [-0.2, 0) is 0 Å². The first-order chi connectivity index (χ1) is 9.09. The molecule has 0 saturated heterocycles. The van der Waals surface area contributed by atoms with Crippen LogP contribution >= 0.6 is 0 Å². The van der Waals surface area contributed by atoms with Gasteiger partial charge in [0.1, 0.15) is 5.75 Å². The monoisotopic (exact) mass is 258 g/mol. The largest absolute Gasteiger partial charge is 0.493 e. The first-order valence-corrected chi connectivity index (χ1v) is 6.47. The molecule has 0 amide bonds. The number of aromatic carboxylic acids is 1. The second-order valence-corrected chi connectivity index (χ2v) is 4.99. The van der Waals surface area contributed by atoms with E-state index >= 15 is 0 Å². The first-order valence-electron chi connectivity index (χ1n) is 6.47. The van der Waals surface area contributed by atoms with E-state index in [0.717, 1.165) is 22.9 Å². The Morgan fingerprint density at radius 2 is 1.84 bits per heavy atom. The first kappa shape index (κ1) is 13.4. The third-order valence-electron chi connectivity index (χ3n) is 3.07. The Hall–Kier alpha value is -2.03. The molecule has 0 atom stereocenters. The normalized spacial score (nSPS) is 10.9. The number of carboxylic acid groups (broad SMARTS) is 1. The Morgan fingerprint density at radius 3 is 2.47 bits per heavy atom. The molecule has 19 heavy (non-hydrogen) atoms. The van der Waals surface area contributed by atoms with Crippen molar-refractivity contribution >= 4 is 16.7 Å². The summed E-state index contributed by atoms with van der Waals surface area (Å²) in [5.41, 5.74) is 0.312. The molecule has 2 aromatic rings. The van der Waals surface area contributed by atoms with Gasteiger partial charge in [-0.1, -0.05) is 38.1 Å². The topological polar surface area (TPSA) is 46.5 Å². The maximum Gasteiger partial charge on any atom is 0.336 e. The molecule has 0 aliphatic carbocycles. The van der Waals surface area contributed by atoms with Crippen molar-refractivity contribution in [3.63, 3.8) is 0 Å². The lowest BCUT2D eigenvalue weighted by Crippen LogP contribution is -2.03. The van der Waals surface area contributed by atoms with Crippen molar-refractivity contribution in [3.8, 4) is 5.75 Å². The van der Waals surface area contributed by atoms with Crippen molar-refractivity contribution in [2.24, 2.45) is 5.92 Å². The molecule has 2 aromatic carbocycles. The molecule has 0 aliphatic heterocycles. The fourth-order valence-corrected chi connectivity index (χ4v) is 1.99. The quantitative estimate of drug-likeness (QED) is 0.882. The van der Waals surface area contributed by atoms with Gasteiger partial charge in [0.15, 0.2) is 0 Å². The minimum absolute atomic E-state index is 0.312. The number of benzene rings is 2. The number of fused-ring (bicyclic) bond motifs is 1. The van der Waals surface area contributed by atoms with Gasteiger partial charge in [0.2, 0.25) is 0 Å². The van der Waals surface area contributed by atoms with Gasteiger partial charge in [0.05, 0.1) is 12.2 Å². The van der Waals surface area contributed by atoms with Crippen molar-refractivity contribution in [3.05, 3.63) is 42.0 Å². The summed E-state index contributed by atoms with van der Waals surface area (Å²) in [7, 11) is 0. The Labute approximate surface area is 112 Å². The molecule has 0 heterocycles. The number of carboxylic acids is 1. The molecule has 1 N–H and O–H groups in total. The van der Waals surface area contributed by atoms with Crippen molar-refractivity contribution in [1.82, 2.24) is 0 Å². The fourth-order valence-electron chi connectivity index (χ4n) is 1.99. The van der Waals surface area contributed by atoms with Crippen molar-refractivity contribution in [2.45, 2.75) is 20.3 Å². The van der Waals surface area contributed by atoms with E-state index in [2.05, 4.69) is 13.8 Å². The van der Waals surface area contributed by atoms with Gasteiger partial charge in [-0.05, 0) is 29.9 Å². The van der Waals surface area contributed by atoms with Crippen LogP contribution in [0, 0.1) is 5.92 Å². The van der Waals surface area contributed by atoms with E-state index in [-0.39, 0.29) is 0 Å². The molecular weight excluding hydrogens is 240 g/mol. The maximum absolute atomic E-state index is 11.2. The smallest absolute Gasteiger partial charge is 0.336 e. The molecule has 0 saturated carbocycles. The van der Waals surface area contributed by atoms with Gasteiger partial charge in [-0.2, -0.15) is 0 Å². The zero-order valence-electron chi connectivity index (χ0n) is 11.2. The number of ether oxygens (including phenoxy) is 1. The molecule has 2 rings (SSSR count). The van der Waals surface area contributed by atoms with Crippen LogP contribution in [0.3, 0.4) is 0 Å². The van der Waals surface area contributed by atoms with Crippen LogP contribution in [0.4, 0.5) is 0 Å². The third-order valence-corrected chi connectivity index (χ3v) is 3.07. The molecule has 100 valence electrons. The van der Waals surface area contributed by atoms with E-state index in [1.165, 1.54) is 0 Å². The second kappa shape index (κ2) is 5.74. The Morgan fingerprint density at radius 1 is 1.16 bits per heavy atom. The van der Waals surface area contributed by atoms with Gasteiger partial charge in [0.25, 0.3) is 0 Å². The summed E-state index contributed by atoms with van der Waals surface area (Å²) in [5, 5.41) is 10.8. The highest BCUT2D eigenvalue weighted by molar-refractivity contribution is 6.05. The predicted molar refractivity (Wildman–Crippen MR) is 75.9 cm³/mol. The van der Waals surface area contributed by atoms with Crippen LogP contribution in [0.25, 0.3) is 10.8 Å². The average Bonchev–Trinajstić information content (AvgIpc) is 2.38. The summed E-state index contributed by atoms with van der Waals surface area (Å²) in [4.78, 5) is 11.2. The van der Waals surface area contributed by atoms with E-state index in [9.17, 15) is 9.90 Å². The van der Waals surface area contributed by atoms with Crippen LogP contribution in [0.2, 0.25) is 0 Å². The van der Waals surface area contributed by atoms with Gasteiger partial charge >= 0.3 is 5.97 Å². The lowest BCUT2D eigenvalue weighted by atomic mass is 10.0. The summed E-state index contributed by atoms with van der Waals surface area (Å²) >= 11 is 0. The molecule has 0 aromatic heterocycles. The van der Waals surface area contributed by atoms with Crippen molar-refractivity contribution in [2.75, 3.05) is 6.61 Å². The highest BCUT2D eigenvalue weighted by Gasteiger charge is 2.11. The summed E-state index contributed by atoms with van der Waals surface area (Å²) in [6, 6.07) is 10.8. The van der Waals surface area contributed by atoms with Gasteiger partial charge in [-0.25, -0.2) is 4.79 Å². The molecule has 0 aliphatic rings. The summed E-state index contributed by atoms with van der Waals surface area (Å²) in [6.45, 7) is 4.94. The van der Waals surface area contributed by atoms with Gasteiger partial charge in [-0.15, -0.1) is 0 Å². The minimum atomic E-state index is -0.912. The molecule has 0 fully saturated rings. The molecule has 0 bridgehead atoms. The minimum Gasteiger partial charge on any atom is -0.493 e. The maximum atomic E-state index is 11.2. The summed E-state index contributed by atoms with van der Waals surface area (Å²) in [5.74, 6) is 0.427. The Kier molecular flexibility index (Phi) is 4.05. The van der Waals surface area contributed by atoms with Gasteiger partial charge in [0, 0.05) is 5.39 Å². The zero-order valence-corrected chi connectivity index (χ0v) is 11.2. The number of hydrogen-bond acceptors (Lipinski definition) is 2. The number of rotatable bonds is 5. The van der Waals surface area contributed by atoms with Crippen LogP contribution in [0.5, 0.6) is 5.75 Å². The summed E-state index contributed by atoms with van der Waals surface area (Å²) in [6.07, 6.45) is 0.981. The van der Waals surface area contributed by atoms with E-state index in [0.29, 0.717) is 18.1 Å². The molecule has 3 heteroatoms. The highest BCUT2D eigenvalue weighted by atomic mass is 16.5. The number of hydrogen-bond donors (Lipinski definition) is 1. The van der Waals surface area contributed by atoms with Crippen LogP contribution in [0.1, 0.15) is 30.6 Å². The molecule has 3 nitrogen and oxygen atoms in total. The Bertz CT molecular complexity index is 588. The molecule has 0 spiro atoms. The predicted octanol–water partition coefficient (Wildman–Crippen LogP) is 3.96.